The first kappa shape index (κ1) is 42.0. The largest absolute Gasteiger partial charge is 0.457 e. The van der Waals surface area contributed by atoms with Crippen LogP contribution in [0.5, 0.6) is 0 Å². The molecule has 4 aliphatic rings. The number of ketones is 1. The Hall–Kier alpha value is -3.63. The molecular formula is C41H62N6O9. The molecule has 5 heterocycles. The van der Waals surface area contributed by atoms with Gasteiger partial charge in [0.05, 0.1) is 41.7 Å². The number of cyclic esters (lactones) is 1. The summed E-state index contributed by atoms with van der Waals surface area (Å²) in [7, 11) is 5.38. The van der Waals surface area contributed by atoms with Crippen LogP contribution in [0.25, 0.3) is 11.0 Å². The number of carbonyl (C=O) groups excluding carboxylic acids is 3. The zero-order valence-electron chi connectivity index (χ0n) is 34.9. The fraction of sp³-hybridized carbons (Fsp3) is 0.732. The van der Waals surface area contributed by atoms with Gasteiger partial charge in [-0.1, -0.05) is 39.8 Å². The fourth-order valence-electron chi connectivity index (χ4n) is 9.69. The second-order valence-corrected chi connectivity index (χ2v) is 17.0. The number of hydrazone groups is 1. The highest BCUT2D eigenvalue weighted by molar-refractivity contribution is 6.00. The molecule has 0 spiro atoms. The summed E-state index contributed by atoms with van der Waals surface area (Å²) >= 11 is 0. The summed E-state index contributed by atoms with van der Waals surface area (Å²) in [6, 6.07) is 7.13. The van der Waals surface area contributed by atoms with Gasteiger partial charge in [-0.25, -0.2) is 9.78 Å². The van der Waals surface area contributed by atoms with Crippen LogP contribution in [0.4, 0.5) is 4.79 Å². The van der Waals surface area contributed by atoms with Crippen LogP contribution in [0.3, 0.4) is 0 Å². The standard InChI is InChI=1S/C41H62N6O9/c1-12-31-41(8)35-25(4)32(43-46(47(35)39(51)56-41)19-15-18-45-22-42-28-16-13-14-17-29(28)45)23(2)21-40(7,52-11)36(26(5)33(48)27(6)37(50)54-31)55-38-34(49)30(44(9)10)20-24(3)53-38/h13-14,16-17,22-27,30-31,34-36,38,49H,12,15,18-21H2,1-11H3/t23-,24+,25-,26-,27+,30-,31-,34+,35-,36+,38-,40?,41-/m1/s1. The van der Waals surface area contributed by atoms with E-state index in [0.29, 0.717) is 38.8 Å². The zero-order chi connectivity index (χ0) is 40.9. The van der Waals surface area contributed by atoms with Crippen LogP contribution in [0.2, 0.25) is 0 Å². The van der Waals surface area contributed by atoms with Crippen molar-refractivity contribution < 1.29 is 43.2 Å². The van der Waals surface area contributed by atoms with E-state index in [4.69, 9.17) is 28.8 Å². The van der Waals surface area contributed by atoms with Gasteiger partial charge in [0, 0.05) is 37.2 Å². The van der Waals surface area contributed by atoms with E-state index in [1.807, 2.05) is 84.2 Å². The van der Waals surface area contributed by atoms with Gasteiger partial charge in [0.2, 0.25) is 0 Å². The summed E-state index contributed by atoms with van der Waals surface area (Å²) < 4.78 is 33.8. The molecule has 1 amide bonds. The summed E-state index contributed by atoms with van der Waals surface area (Å²) in [5.41, 5.74) is 0.346. The van der Waals surface area contributed by atoms with E-state index >= 15 is 0 Å². The first-order valence-corrected chi connectivity index (χ1v) is 20.2. The number of methoxy groups -OCH3 is 1. The molecule has 15 heteroatoms. The molecule has 1 N–H and O–H groups in total. The van der Waals surface area contributed by atoms with Gasteiger partial charge < -0.3 is 38.3 Å². The van der Waals surface area contributed by atoms with Gasteiger partial charge in [-0.2, -0.15) is 15.2 Å². The van der Waals surface area contributed by atoms with Crippen molar-refractivity contribution in [1.82, 2.24) is 24.6 Å². The molecule has 0 aliphatic carbocycles. The molecule has 0 radical (unpaired) electrons. The Morgan fingerprint density at radius 1 is 1.04 bits per heavy atom. The molecule has 6 rings (SSSR count). The van der Waals surface area contributed by atoms with Crippen molar-refractivity contribution in [1.29, 1.82) is 0 Å². The number of benzene rings is 1. The first-order valence-electron chi connectivity index (χ1n) is 20.2. The number of esters is 1. The molecule has 13 atom stereocenters. The van der Waals surface area contributed by atoms with Crippen molar-refractivity contribution in [3.05, 3.63) is 30.6 Å². The van der Waals surface area contributed by atoms with Gasteiger partial charge in [-0.15, -0.1) is 0 Å². The molecule has 0 saturated carbocycles. The molecular weight excluding hydrogens is 720 g/mol. The van der Waals surface area contributed by atoms with E-state index in [9.17, 15) is 19.5 Å². The number of para-hydroxylation sites is 2. The third-order valence-corrected chi connectivity index (χ3v) is 12.8. The van der Waals surface area contributed by atoms with Crippen LogP contribution < -0.4 is 0 Å². The van der Waals surface area contributed by atoms with E-state index in [0.717, 1.165) is 16.7 Å². The number of aliphatic hydroxyl groups is 1. The number of nitrogens with zero attached hydrogens (tertiary/aromatic N) is 6. The molecule has 2 bridgehead atoms. The Bertz CT molecular complexity index is 1790. The van der Waals surface area contributed by atoms with E-state index in [1.54, 1.807) is 24.2 Å². The van der Waals surface area contributed by atoms with E-state index in [1.165, 1.54) is 6.92 Å². The van der Waals surface area contributed by atoms with Gasteiger partial charge in [-0.3, -0.25) is 9.59 Å². The second kappa shape index (κ2) is 16.3. The minimum absolute atomic E-state index is 0.225. The lowest BCUT2D eigenvalue weighted by molar-refractivity contribution is -0.295. The van der Waals surface area contributed by atoms with Crippen molar-refractivity contribution in [2.75, 3.05) is 27.7 Å². The summed E-state index contributed by atoms with van der Waals surface area (Å²) in [5.74, 6) is -3.75. The minimum Gasteiger partial charge on any atom is -0.457 e. The lowest BCUT2D eigenvalue weighted by Crippen LogP contribution is -2.63. The molecule has 56 heavy (non-hydrogen) atoms. The smallest absolute Gasteiger partial charge is 0.431 e. The average Bonchev–Trinajstić information content (AvgIpc) is 3.70. The number of amides is 1. The number of Topliss-reactive ketones (excluding diaryl/α,β-unsaturated/α-hetero) is 1. The number of rotatable bonds is 9. The maximum Gasteiger partial charge on any atom is 0.431 e. The number of carbonyl (C=O) groups is 3. The van der Waals surface area contributed by atoms with Crippen molar-refractivity contribution in [2.45, 2.75) is 142 Å². The predicted molar refractivity (Wildman–Crippen MR) is 208 cm³/mol. The van der Waals surface area contributed by atoms with E-state index < -0.39 is 71.5 Å². The van der Waals surface area contributed by atoms with Crippen LogP contribution in [0.15, 0.2) is 35.7 Å². The third kappa shape index (κ3) is 7.57. The number of hydrogen-bond donors (Lipinski definition) is 1. The lowest BCUT2D eigenvalue weighted by atomic mass is 9.73. The van der Waals surface area contributed by atoms with Crippen molar-refractivity contribution >= 4 is 34.6 Å². The number of aryl methyl sites for hydroxylation is 1. The monoisotopic (exact) mass is 782 g/mol. The quantitative estimate of drug-likeness (QED) is 0.278. The Labute approximate surface area is 330 Å². The van der Waals surface area contributed by atoms with Crippen LogP contribution in [0, 0.1) is 23.7 Å². The third-order valence-electron chi connectivity index (χ3n) is 12.8. The number of fused-ring (bicyclic) bond motifs is 2. The summed E-state index contributed by atoms with van der Waals surface area (Å²) in [4.78, 5) is 48.8. The molecule has 2 aromatic rings. The topological polar surface area (TPSA) is 157 Å². The Morgan fingerprint density at radius 2 is 1.75 bits per heavy atom. The first-order chi connectivity index (χ1) is 26.4. The zero-order valence-corrected chi connectivity index (χ0v) is 34.9. The normalized spacial score (nSPS) is 38.4. The highest BCUT2D eigenvalue weighted by atomic mass is 16.7. The number of likely N-dealkylation sites (N-methyl/N-ethyl adjacent to an activating group) is 1. The Kier molecular flexibility index (Phi) is 12.2. The SMILES string of the molecule is CC[C@H]1OC(=O)[C@@H](C)C(=O)[C@@H](C)[C@H](O[C@H]2O[C@@H](C)C[C@@H](N(C)C)[C@@H]2O)C(C)(OC)C[C@@H](C)C2=NN(CCCn3cnc4ccccc43)N3C(=O)O[C@@]1(C)[C@H]3[C@@H]2C. The van der Waals surface area contributed by atoms with Crippen LogP contribution in [0.1, 0.15) is 81.1 Å². The predicted octanol–water partition coefficient (Wildman–Crippen LogP) is 4.65. The fourth-order valence-corrected chi connectivity index (χ4v) is 9.69. The molecule has 1 aromatic carbocycles. The highest BCUT2D eigenvalue weighted by Gasteiger charge is 2.63. The van der Waals surface area contributed by atoms with Crippen LogP contribution in [-0.4, -0.2) is 135 Å². The Morgan fingerprint density at radius 3 is 2.43 bits per heavy atom. The molecule has 1 unspecified atom stereocenters. The molecule has 15 nitrogen and oxygen atoms in total. The molecule has 3 saturated heterocycles. The second-order valence-electron chi connectivity index (χ2n) is 17.0. The van der Waals surface area contributed by atoms with E-state index in [2.05, 4.69) is 16.5 Å². The van der Waals surface area contributed by atoms with Gasteiger partial charge in [0.1, 0.15) is 24.2 Å². The molecule has 1 aromatic heterocycles. The summed E-state index contributed by atoms with van der Waals surface area (Å²) in [5, 5.41) is 20.0. The number of aromatic nitrogens is 2. The number of imidazole rings is 1. The Balaban J connectivity index is 1.40. The van der Waals surface area contributed by atoms with Crippen molar-refractivity contribution in [2.24, 2.45) is 28.8 Å². The number of ether oxygens (including phenoxy) is 5. The minimum atomic E-state index is -1.26. The van der Waals surface area contributed by atoms with Crippen LogP contribution in [-0.2, 0) is 39.8 Å². The van der Waals surface area contributed by atoms with E-state index in [-0.39, 0.29) is 24.0 Å². The van der Waals surface area contributed by atoms with Crippen LogP contribution >= 0.6 is 0 Å². The molecule has 310 valence electrons. The number of aliphatic hydroxyl groups excluding tert-OH is 1. The highest BCUT2D eigenvalue weighted by Crippen LogP contribution is 2.45. The van der Waals surface area contributed by atoms with Crippen molar-refractivity contribution in [3.63, 3.8) is 0 Å². The molecule has 3 fully saturated rings. The maximum atomic E-state index is 14.3. The summed E-state index contributed by atoms with van der Waals surface area (Å²) in [6.07, 6.45) is -0.921. The summed E-state index contributed by atoms with van der Waals surface area (Å²) in [6.45, 7) is 15.9. The molecule has 4 aliphatic heterocycles. The van der Waals surface area contributed by atoms with Gasteiger partial charge in [-0.05, 0) is 85.5 Å². The number of hydrazine groups is 1. The van der Waals surface area contributed by atoms with Crippen molar-refractivity contribution in [3.8, 4) is 0 Å². The average molecular weight is 783 g/mol. The van der Waals surface area contributed by atoms with Gasteiger partial charge >= 0.3 is 12.1 Å². The number of hydrogen-bond acceptors (Lipinski definition) is 13. The van der Waals surface area contributed by atoms with Gasteiger partial charge in [0.15, 0.2) is 17.7 Å². The van der Waals surface area contributed by atoms with Gasteiger partial charge in [0.25, 0.3) is 0 Å². The lowest BCUT2D eigenvalue weighted by Gasteiger charge is -2.49. The maximum absolute atomic E-state index is 14.3.